The maximum atomic E-state index is 5.57. The van der Waals surface area contributed by atoms with Crippen LogP contribution in [0.2, 0.25) is 0 Å². The van der Waals surface area contributed by atoms with E-state index in [-0.39, 0.29) is 0 Å². The van der Waals surface area contributed by atoms with E-state index in [1.807, 2.05) is 0 Å². The van der Waals surface area contributed by atoms with Gasteiger partial charge in [-0.3, -0.25) is 0 Å². The van der Waals surface area contributed by atoms with Crippen molar-refractivity contribution in [1.82, 2.24) is 19.9 Å². The van der Waals surface area contributed by atoms with Gasteiger partial charge >= 0.3 is 0 Å². The van der Waals surface area contributed by atoms with Crippen LogP contribution in [0, 0.1) is 0 Å². The molecule has 9 rings (SSSR count). The van der Waals surface area contributed by atoms with E-state index >= 15 is 0 Å². The largest absolute Gasteiger partial charge is 0.355 e. The minimum Gasteiger partial charge on any atom is -0.355 e. The Balaban J connectivity index is 1.49. The molecule has 2 aliphatic rings. The zero-order chi connectivity index (χ0) is 41.7. The fourth-order valence-electron chi connectivity index (χ4n) is 9.11. The Morgan fingerprint density at radius 2 is 0.683 bits per heavy atom. The second kappa shape index (κ2) is 15.8. The van der Waals surface area contributed by atoms with E-state index in [1.165, 1.54) is 55.7 Å². The average Bonchev–Trinajstić information content (AvgIpc) is 3.98. The Kier molecular flexibility index (Phi) is 10.2. The van der Waals surface area contributed by atoms with Gasteiger partial charge in [0.1, 0.15) is 28.2 Å². The van der Waals surface area contributed by atoms with E-state index in [0.717, 1.165) is 81.7 Å². The third-order valence-electron chi connectivity index (χ3n) is 12.2. The van der Waals surface area contributed by atoms with Crippen molar-refractivity contribution >= 4 is 44.4 Å². The van der Waals surface area contributed by atoms with Crippen molar-refractivity contribution in [3.8, 4) is 22.3 Å². The van der Waals surface area contributed by atoms with Gasteiger partial charge in [-0.15, -0.1) is 0 Å². The summed E-state index contributed by atoms with van der Waals surface area (Å²) in [6, 6.07) is 26.9. The maximum absolute atomic E-state index is 5.57. The first kappa shape index (κ1) is 38.7. The average molecular weight is 791 g/mol. The summed E-state index contributed by atoms with van der Waals surface area (Å²) in [6.45, 7) is 9.01. The highest BCUT2D eigenvalue weighted by Gasteiger charge is 2.26. The predicted octanol–water partition coefficient (Wildman–Crippen LogP) is 8.81. The molecule has 0 atom stereocenters. The number of hydrogen-bond acceptors (Lipinski definition) is 2. The number of nitrogens with zero attached hydrogens (tertiary/aromatic N) is 6. The van der Waals surface area contributed by atoms with Gasteiger partial charge in [0.25, 0.3) is 0 Å². The number of fused-ring (bicyclic) bond motifs is 8. The SMILES string of the molecule is CCC1=C(c2cc[n+](C)cc2)c2cc3[nH]c(cc4nc(cc5[nH]c(cc1n2)c(CC)c5-c1cc[n+](C)cc1)C(c1cc[n+](C)cc1)=C4CC)c(CC)c3-c1cc[n+](C)cc1. The summed E-state index contributed by atoms with van der Waals surface area (Å²) in [5, 5.41) is 0. The molecule has 0 saturated heterocycles. The van der Waals surface area contributed by atoms with E-state index in [0.29, 0.717) is 0 Å². The van der Waals surface area contributed by atoms with Crippen molar-refractivity contribution in [2.24, 2.45) is 28.2 Å². The van der Waals surface area contributed by atoms with Crippen molar-refractivity contribution in [2.75, 3.05) is 0 Å². The number of nitrogens with one attached hydrogen (secondary N) is 2. The molecular formula is C52H54N8+4. The molecule has 298 valence electrons. The lowest BCUT2D eigenvalue weighted by molar-refractivity contribution is -0.671. The molecule has 0 spiro atoms. The summed E-state index contributed by atoms with van der Waals surface area (Å²) in [5.74, 6) is 0. The topological polar surface area (TPSA) is 72.9 Å². The number of hydrogen-bond donors (Lipinski definition) is 2. The van der Waals surface area contributed by atoms with E-state index < -0.39 is 0 Å². The standard InChI is InChI=1S/C52H53N8/c1-9-37-41-29-42-38(10-2)50(34-15-23-58(6)24-16-34)47(54-42)32-48-52(36-19-27-60(8)28-20-36)40(12-4)44(56-48)30-43-39(11-3)51(35-17-25-59(7)26-18-35)46(55-43)31-45(53-41)49(37)33-13-21-57(5)22-14-33/h13-32H,9-12H2,1-8H3,(H,53,54,55,56)/q+3/p+1. The number of rotatable bonds is 8. The molecule has 0 radical (unpaired) electrons. The Bertz CT molecular complexity index is 2810. The normalized spacial score (nSPS) is 12.8. The highest BCUT2D eigenvalue weighted by atomic mass is 14.9. The van der Waals surface area contributed by atoms with E-state index in [2.05, 4.69) is 206 Å². The Morgan fingerprint density at radius 1 is 0.383 bits per heavy atom. The molecule has 8 nitrogen and oxygen atoms in total. The Hall–Kier alpha value is -6.80. The van der Waals surface area contributed by atoms with Crippen LogP contribution >= 0.6 is 0 Å². The van der Waals surface area contributed by atoms with Crippen molar-refractivity contribution in [3.63, 3.8) is 0 Å². The Morgan fingerprint density at radius 3 is 0.983 bits per heavy atom. The van der Waals surface area contributed by atoms with Gasteiger partial charge in [0.05, 0.1) is 22.8 Å². The number of aromatic nitrogens is 8. The highest BCUT2D eigenvalue weighted by molar-refractivity contribution is 6.04. The van der Waals surface area contributed by atoms with Gasteiger partial charge in [-0.25, -0.2) is 28.2 Å². The fraction of sp³-hybridized carbons (Fsp3) is 0.231. The third kappa shape index (κ3) is 6.85. The van der Waals surface area contributed by atoms with Gasteiger partial charge in [0.2, 0.25) is 0 Å². The van der Waals surface area contributed by atoms with Crippen molar-refractivity contribution in [3.05, 3.63) is 167 Å². The molecule has 0 saturated carbocycles. The van der Waals surface area contributed by atoms with Crippen LogP contribution in [0.4, 0.5) is 0 Å². The summed E-state index contributed by atoms with van der Waals surface area (Å²) in [6.07, 6.45) is 20.4. The summed E-state index contributed by atoms with van der Waals surface area (Å²) in [5.41, 5.74) is 22.4. The van der Waals surface area contributed by atoms with Crippen LogP contribution in [0.3, 0.4) is 0 Å². The van der Waals surface area contributed by atoms with Gasteiger partial charge in [0.15, 0.2) is 49.6 Å². The van der Waals surface area contributed by atoms with Crippen LogP contribution in [-0.4, -0.2) is 19.9 Å². The lowest BCUT2D eigenvalue weighted by Crippen LogP contribution is -2.25. The molecule has 0 aliphatic carbocycles. The van der Waals surface area contributed by atoms with E-state index in [9.17, 15) is 0 Å². The minimum atomic E-state index is 0.829. The summed E-state index contributed by atoms with van der Waals surface area (Å²) in [4.78, 5) is 19.1. The number of aryl methyl sites for hydroxylation is 6. The summed E-state index contributed by atoms with van der Waals surface area (Å²) in [7, 11) is 8.26. The van der Waals surface area contributed by atoms with Gasteiger partial charge < -0.3 is 9.97 Å². The zero-order valence-electron chi connectivity index (χ0n) is 36.1. The molecule has 2 N–H and O–H groups in total. The van der Waals surface area contributed by atoms with Crippen LogP contribution in [0.5, 0.6) is 0 Å². The van der Waals surface area contributed by atoms with Crippen molar-refractivity contribution in [2.45, 2.75) is 53.4 Å². The van der Waals surface area contributed by atoms with Crippen LogP contribution < -0.4 is 18.3 Å². The molecule has 0 fully saturated rings. The minimum absolute atomic E-state index is 0.829. The molecule has 7 aromatic heterocycles. The lowest BCUT2D eigenvalue weighted by Gasteiger charge is -2.07. The van der Waals surface area contributed by atoms with Crippen LogP contribution in [0.1, 0.15) is 85.6 Å². The number of aromatic amines is 2. The first-order chi connectivity index (χ1) is 29.2. The first-order valence-corrected chi connectivity index (χ1v) is 21.3. The second-order valence-corrected chi connectivity index (χ2v) is 16.1. The maximum Gasteiger partial charge on any atom is 0.169 e. The number of H-pyrrole nitrogens is 2. The fourth-order valence-corrected chi connectivity index (χ4v) is 9.11. The number of pyridine rings is 4. The monoisotopic (exact) mass is 790 g/mol. The van der Waals surface area contributed by atoms with Crippen molar-refractivity contribution < 1.29 is 18.3 Å². The molecular weight excluding hydrogens is 737 g/mol. The van der Waals surface area contributed by atoms with E-state index in [1.54, 1.807) is 0 Å². The second-order valence-electron chi connectivity index (χ2n) is 16.1. The predicted molar refractivity (Wildman–Crippen MR) is 241 cm³/mol. The summed E-state index contributed by atoms with van der Waals surface area (Å²) < 4.78 is 8.35. The Labute approximate surface area is 352 Å². The third-order valence-corrected chi connectivity index (χ3v) is 12.2. The lowest BCUT2D eigenvalue weighted by atomic mass is 9.94. The number of allylic oxidation sites excluding steroid dienone is 2. The highest BCUT2D eigenvalue weighted by Crippen LogP contribution is 2.42. The van der Waals surface area contributed by atoms with Crippen LogP contribution in [-0.2, 0) is 41.0 Å². The molecule has 9 heterocycles. The van der Waals surface area contributed by atoms with Crippen molar-refractivity contribution in [1.29, 1.82) is 0 Å². The van der Waals surface area contributed by atoms with Crippen LogP contribution in [0.15, 0.2) is 122 Å². The zero-order valence-corrected chi connectivity index (χ0v) is 36.1. The van der Waals surface area contributed by atoms with Crippen LogP contribution in [0.25, 0.3) is 66.6 Å². The van der Waals surface area contributed by atoms with Gasteiger partial charge in [0, 0.05) is 92.9 Å². The first-order valence-electron chi connectivity index (χ1n) is 21.3. The molecule has 0 aromatic carbocycles. The molecule has 8 bridgehead atoms. The molecule has 2 aliphatic heterocycles. The quantitative estimate of drug-likeness (QED) is 0.151. The van der Waals surface area contributed by atoms with Gasteiger partial charge in [-0.1, -0.05) is 27.7 Å². The summed E-state index contributed by atoms with van der Waals surface area (Å²) >= 11 is 0. The van der Waals surface area contributed by atoms with E-state index in [4.69, 9.17) is 9.97 Å². The molecule has 60 heavy (non-hydrogen) atoms. The smallest absolute Gasteiger partial charge is 0.169 e. The van der Waals surface area contributed by atoms with Gasteiger partial charge in [-0.05, 0) is 94.5 Å². The molecule has 8 heteroatoms. The molecule has 0 amide bonds. The molecule has 7 aromatic rings. The van der Waals surface area contributed by atoms with Gasteiger partial charge in [-0.2, -0.15) is 0 Å². The molecule has 0 unspecified atom stereocenters.